The topological polar surface area (TPSA) is 50.2 Å². The number of hydrogen-bond acceptors (Lipinski definition) is 2. The number of aliphatic carboxylic acids is 1. The van der Waals surface area contributed by atoms with Crippen LogP contribution < -0.4 is 0 Å². The minimum Gasteiger partial charge on any atom is -0.481 e. The second kappa shape index (κ2) is 5.51. The number of carboxylic acid groups (broad SMARTS) is 1. The number of rotatable bonds is 3. The zero-order chi connectivity index (χ0) is 13.1. The summed E-state index contributed by atoms with van der Waals surface area (Å²) in [5.74, 6) is -0.0907. The van der Waals surface area contributed by atoms with E-state index >= 15 is 0 Å². The number of carboxylic acids is 1. The zero-order valence-electron chi connectivity index (χ0n) is 11.1. The van der Waals surface area contributed by atoms with Crippen LogP contribution in [-0.2, 0) is 11.2 Å². The Morgan fingerprint density at radius 3 is 2.61 bits per heavy atom. The monoisotopic (exact) mass is 247 g/mol. The third-order valence-electron chi connectivity index (χ3n) is 4.06. The number of nitrogens with zero attached hydrogens (tertiary/aromatic N) is 1. The molecule has 2 rings (SSSR count). The molecule has 0 bridgehead atoms. The van der Waals surface area contributed by atoms with Gasteiger partial charge in [-0.2, -0.15) is 0 Å². The van der Waals surface area contributed by atoms with Gasteiger partial charge in [-0.15, -0.1) is 0 Å². The summed E-state index contributed by atoms with van der Waals surface area (Å²) in [5, 5.41) is 8.99. The van der Waals surface area contributed by atoms with Crippen LogP contribution in [0.5, 0.6) is 0 Å². The van der Waals surface area contributed by atoms with E-state index in [0.29, 0.717) is 5.92 Å². The molecular formula is C15H21NO2. The summed E-state index contributed by atoms with van der Waals surface area (Å²) in [7, 11) is 0. The lowest BCUT2D eigenvalue weighted by atomic mass is 9.79. The maximum Gasteiger partial charge on any atom is 0.306 e. The lowest BCUT2D eigenvalue weighted by Crippen LogP contribution is -2.22. The van der Waals surface area contributed by atoms with Crippen molar-refractivity contribution < 1.29 is 9.90 Å². The van der Waals surface area contributed by atoms with Crippen LogP contribution >= 0.6 is 0 Å². The minimum atomic E-state index is -0.621. The molecule has 1 aromatic rings. The number of pyridine rings is 1. The van der Waals surface area contributed by atoms with E-state index in [2.05, 4.69) is 18.0 Å². The summed E-state index contributed by atoms with van der Waals surface area (Å²) in [4.78, 5) is 15.2. The molecule has 0 spiro atoms. The molecule has 0 aromatic carbocycles. The van der Waals surface area contributed by atoms with E-state index < -0.39 is 5.97 Å². The molecule has 98 valence electrons. The average molecular weight is 247 g/mol. The first kappa shape index (κ1) is 13.1. The van der Waals surface area contributed by atoms with Gasteiger partial charge in [0.05, 0.1) is 5.92 Å². The van der Waals surface area contributed by atoms with Gasteiger partial charge in [0.1, 0.15) is 0 Å². The number of hydrogen-bond donors (Lipinski definition) is 1. The second-order valence-electron chi connectivity index (χ2n) is 5.51. The van der Waals surface area contributed by atoms with Crippen molar-refractivity contribution in [1.82, 2.24) is 4.98 Å². The maximum atomic E-state index is 10.9. The molecule has 0 aliphatic heterocycles. The zero-order valence-corrected chi connectivity index (χ0v) is 11.1. The molecule has 1 N–H and O–H groups in total. The number of carbonyl (C=O) groups is 1. The third kappa shape index (κ3) is 3.09. The summed E-state index contributed by atoms with van der Waals surface area (Å²) in [6.45, 7) is 4.12. The molecule has 18 heavy (non-hydrogen) atoms. The predicted octanol–water partition coefficient (Wildman–Crippen LogP) is 3.13. The summed E-state index contributed by atoms with van der Waals surface area (Å²) in [6, 6.07) is 2.17. The van der Waals surface area contributed by atoms with Gasteiger partial charge in [-0.1, -0.05) is 0 Å². The Hall–Kier alpha value is -1.38. The highest BCUT2D eigenvalue weighted by Gasteiger charge is 2.26. The third-order valence-corrected chi connectivity index (χ3v) is 4.06. The van der Waals surface area contributed by atoms with Crippen molar-refractivity contribution in [2.75, 3.05) is 0 Å². The molecule has 3 nitrogen and oxygen atoms in total. The van der Waals surface area contributed by atoms with Crippen molar-refractivity contribution in [1.29, 1.82) is 0 Å². The molecule has 1 fully saturated rings. The van der Waals surface area contributed by atoms with Crippen LogP contribution in [0.25, 0.3) is 0 Å². The van der Waals surface area contributed by atoms with Crippen molar-refractivity contribution in [3.63, 3.8) is 0 Å². The van der Waals surface area contributed by atoms with Gasteiger partial charge < -0.3 is 5.11 Å². The van der Waals surface area contributed by atoms with Crippen molar-refractivity contribution in [3.8, 4) is 0 Å². The standard InChI is InChI=1S/C15H21NO2/c1-10-9-16-11(2)7-14(10)8-12-3-5-13(6-4-12)15(17)18/h7,9,12-13H,3-6,8H2,1-2H3,(H,17,18). The van der Waals surface area contributed by atoms with Crippen LogP contribution in [0.4, 0.5) is 0 Å². The molecular weight excluding hydrogens is 226 g/mol. The smallest absolute Gasteiger partial charge is 0.306 e. The Kier molecular flexibility index (Phi) is 4.00. The SMILES string of the molecule is Cc1cc(CC2CCC(C(=O)O)CC2)c(C)cn1. The second-order valence-corrected chi connectivity index (χ2v) is 5.51. The predicted molar refractivity (Wildman–Crippen MR) is 70.5 cm³/mol. The minimum absolute atomic E-state index is 0.110. The highest BCUT2D eigenvalue weighted by molar-refractivity contribution is 5.69. The largest absolute Gasteiger partial charge is 0.481 e. The van der Waals surface area contributed by atoms with Gasteiger partial charge in [0, 0.05) is 11.9 Å². The summed E-state index contributed by atoms with van der Waals surface area (Å²) in [6.07, 6.45) is 6.76. The highest BCUT2D eigenvalue weighted by Crippen LogP contribution is 2.31. The molecule has 1 saturated carbocycles. The molecule has 3 heteroatoms. The van der Waals surface area contributed by atoms with Gasteiger partial charge in [0.15, 0.2) is 0 Å². The molecule has 0 atom stereocenters. The van der Waals surface area contributed by atoms with E-state index in [1.807, 2.05) is 13.1 Å². The van der Waals surface area contributed by atoms with Crippen molar-refractivity contribution in [3.05, 3.63) is 29.1 Å². The lowest BCUT2D eigenvalue weighted by molar-refractivity contribution is -0.143. The fraction of sp³-hybridized carbons (Fsp3) is 0.600. The van der Waals surface area contributed by atoms with Crippen LogP contribution in [-0.4, -0.2) is 16.1 Å². The van der Waals surface area contributed by atoms with Crippen LogP contribution in [0.15, 0.2) is 12.3 Å². The van der Waals surface area contributed by atoms with Crippen molar-refractivity contribution in [2.24, 2.45) is 11.8 Å². The molecule has 1 aromatic heterocycles. The van der Waals surface area contributed by atoms with Gasteiger partial charge in [-0.3, -0.25) is 9.78 Å². The molecule has 1 aliphatic rings. The first-order valence-electron chi connectivity index (χ1n) is 6.71. The molecule has 1 aliphatic carbocycles. The van der Waals surface area contributed by atoms with E-state index in [4.69, 9.17) is 5.11 Å². The Bertz CT molecular complexity index is 434. The molecule has 0 unspecified atom stereocenters. The molecule has 1 heterocycles. The van der Waals surface area contributed by atoms with Gasteiger partial charge in [-0.05, 0) is 69.1 Å². The Balaban J connectivity index is 1.95. The van der Waals surface area contributed by atoms with Gasteiger partial charge in [-0.25, -0.2) is 0 Å². The quantitative estimate of drug-likeness (QED) is 0.892. The normalized spacial score (nSPS) is 23.9. The summed E-state index contributed by atoms with van der Waals surface area (Å²) in [5.41, 5.74) is 3.69. The van der Waals surface area contributed by atoms with E-state index in [1.54, 1.807) is 0 Å². The fourth-order valence-electron chi connectivity index (χ4n) is 2.83. The highest BCUT2D eigenvalue weighted by atomic mass is 16.4. The Labute approximate surface area is 108 Å². The molecule has 0 amide bonds. The van der Waals surface area contributed by atoms with Gasteiger partial charge >= 0.3 is 5.97 Å². The number of aryl methyl sites for hydroxylation is 2. The molecule has 0 radical (unpaired) electrons. The molecule has 0 saturated heterocycles. The fourth-order valence-corrected chi connectivity index (χ4v) is 2.83. The van der Waals surface area contributed by atoms with Crippen LogP contribution in [0, 0.1) is 25.7 Å². The van der Waals surface area contributed by atoms with Crippen molar-refractivity contribution >= 4 is 5.97 Å². The van der Waals surface area contributed by atoms with Gasteiger partial charge in [0.2, 0.25) is 0 Å². The van der Waals surface area contributed by atoms with E-state index in [-0.39, 0.29) is 5.92 Å². The Morgan fingerprint density at radius 1 is 1.33 bits per heavy atom. The first-order valence-corrected chi connectivity index (χ1v) is 6.71. The van der Waals surface area contributed by atoms with Gasteiger partial charge in [0.25, 0.3) is 0 Å². The maximum absolute atomic E-state index is 10.9. The Morgan fingerprint density at radius 2 is 2.00 bits per heavy atom. The van der Waals surface area contributed by atoms with Crippen LogP contribution in [0.1, 0.15) is 42.5 Å². The van der Waals surface area contributed by atoms with Crippen LogP contribution in [0.3, 0.4) is 0 Å². The van der Waals surface area contributed by atoms with Crippen molar-refractivity contribution in [2.45, 2.75) is 46.0 Å². The lowest BCUT2D eigenvalue weighted by Gasteiger charge is -2.26. The summed E-state index contributed by atoms with van der Waals surface area (Å²) < 4.78 is 0. The number of aromatic nitrogens is 1. The van der Waals surface area contributed by atoms with E-state index in [1.165, 1.54) is 11.1 Å². The average Bonchev–Trinajstić information content (AvgIpc) is 2.34. The summed E-state index contributed by atoms with van der Waals surface area (Å²) >= 11 is 0. The van der Waals surface area contributed by atoms with E-state index in [0.717, 1.165) is 37.8 Å². The van der Waals surface area contributed by atoms with Crippen LogP contribution in [0.2, 0.25) is 0 Å². The van der Waals surface area contributed by atoms with E-state index in [9.17, 15) is 4.79 Å². The first-order chi connectivity index (χ1) is 8.56.